The molecule has 0 spiro atoms. The van der Waals surface area contributed by atoms with Crippen molar-refractivity contribution in [3.05, 3.63) is 75.9 Å². The first-order chi connectivity index (χ1) is 12.0. The SMILES string of the molecule is Cc1cc(CNC(=O)COc2ccc3ccc(=O)oc3c2)ccc1F. The Bertz CT molecular complexity index is 981. The zero-order chi connectivity index (χ0) is 17.8. The second-order valence-corrected chi connectivity index (χ2v) is 5.60. The summed E-state index contributed by atoms with van der Waals surface area (Å²) in [6, 6.07) is 12.7. The number of ether oxygens (including phenoxy) is 1. The minimum absolute atomic E-state index is 0.178. The molecular weight excluding hydrogens is 325 g/mol. The van der Waals surface area contributed by atoms with Gasteiger partial charge in [0.2, 0.25) is 0 Å². The lowest BCUT2D eigenvalue weighted by atomic mass is 10.1. The topological polar surface area (TPSA) is 68.5 Å². The largest absolute Gasteiger partial charge is 0.484 e. The third kappa shape index (κ3) is 4.23. The smallest absolute Gasteiger partial charge is 0.336 e. The number of carbonyl (C=O) groups excluding carboxylic acids is 1. The van der Waals surface area contributed by atoms with Crippen LogP contribution in [-0.2, 0) is 11.3 Å². The molecular formula is C19H16FNO4. The number of carbonyl (C=O) groups is 1. The average molecular weight is 341 g/mol. The molecule has 25 heavy (non-hydrogen) atoms. The number of nitrogens with one attached hydrogen (secondary N) is 1. The maximum atomic E-state index is 13.2. The first-order valence-corrected chi connectivity index (χ1v) is 7.70. The Morgan fingerprint density at radius 1 is 1.16 bits per heavy atom. The molecule has 1 N–H and O–H groups in total. The van der Waals surface area contributed by atoms with E-state index in [1.54, 1.807) is 43.3 Å². The number of aryl methyl sites for hydroxylation is 1. The van der Waals surface area contributed by atoms with Crippen molar-refractivity contribution in [2.24, 2.45) is 0 Å². The summed E-state index contributed by atoms with van der Waals surface area (Å²) in [5.74, 6) is -0.160. The Morgan fingerprint density at radius 2 is 1.96 bits per heavy atom. The van der Waals surface area contributed by atoms with E-state index in [9.17, 15) is 14.0 Å². The van der Waals surface area contributed by atoms with Crippen molar-refractivity contribution in [2.45, 2.75) is 13.5 Å². The molecule has 0 atom stereocenters. The molecule has 0 aliphatic heterocycles. The van der Waals surface area contributed by atoms with E-state index in [-0.39, 0.29) is 24.9 Å². The second kappa shape index (κ2) is 7.17. The van der Waals surface area contributed by atoms with Crippen LogP contribution in [0.5, 0.6) is 5.75 Å². The van der Waals surface area contributed by atoms with Crippen LogP contribution in [0.1, 0.15) is 11.1 Å². The van der Waals surface area contributed by atoms with Crippen LogP contribution in [0.3, 0.4) is 0 Å². The third-order valence-electron chi connectivity index (χ3n) is 3.68. The zero-order valence-corrected chi connectivity index (χ0v) is 13.5. The molecule has 2 aromatic carbocycles. The summed E-state index contributed by atoms with van der Waals surface area (Å²) in [6.45, 7) is 1.78. The first-order valence-electron chi connectivity index (χ1n) is 7.70. The predicted octanol–water partition coefficient (Wildman–Crippen LogP) is 2.94. The van der Waals surface area contributed by atoms with Gasteiger partial charge in [-0.25, -0.2) is 9.18 Å². The van der Waals surface area contributed by atoms with E-state index in [1.807, 2.05) is 0 Å². The Balaban J connectivity index is 1.56. The van der Waals surface area contributed by atoms with E-state index in [0.717, 1.165) is 10.9 Å². The normalized spacial score (nSPS) is 10.6. The summed E-state index contributed by atoms with van der Waals surface area (Å²) in [5.41, 5.74) is 1.28. The van der Waals surface area contributed by atoms with Crippen molar-refractivity contribution in [1.82, 2.24) is 5.32 Å². The molecule has 0 radical (unpaired) electrons. The molecule has 1 heterocycles. The molecule has 0 fully saturated rings. The number of hydrogen-bond acceptors (Lipinski definition) is 4. The maximum absolute atomic E-state index is 13.2. The van der Waals surface area contributed by atoms with Crippen molar-refractivity contribution in [3.8, 4) is 5.75 Å². The van der Waals surface area contributed by atoms with Crippen molar-refractivity contribution in [2.75, 3.05) is 6.61 Å². The monoisotopic (exact) mass is 341 g/mol. The van der Waals surface area contributed by atoms with Crippen molar-refractivity contribution >= 4 is 16.9 Å². The average Bonchev–Trinajstić information content (AvgIpc) is 2.60. The van der Waals surface area contributed by atoms with Gasteiger partial charge >= 0.3 is 5.63 Å². The highest BCUT2D eigenvalue weighted by Gasteiger charge is 2.06. The number of rotatable bonds is 5. The molecule has 6 heteroatoms. The van der Waals surface area contributed by atoms with Crippen LogP contribution in [0.2, 0.25) is 0 Å². The molecule has 0 aliphatic rings. The summed E-state index contributed by atoms with van der Waals surface area (Å²) in [6.07, 6.45) is 0. The standard InChI is InChI=1S/C19H16FNO4/c1-12-8-13(2-6-16(12)20)10-21-18(22)11-24-15-5-3-14-4-7-19(23)25-17(14)9-15/h2-9H,10-11H2,1H3,(H,21,22). The van der Waals surface area contributed by atoms with Crippen molar-refractivity contribution in [3.63, 3.8) is 0 Å². The molecule has 0 saturated carbocycles. The summed E-state index contributed by atoms with van der Waals surface area (Å²) in [7, 11) is 0. The molecule has 5 nitrogen and oxygen atoms in total. The quantitative estimate of drug-likeness (QED) is 0.725. The lowest BCUT2D eigenvalue weighted by Crippen LogP contribution is -2.28. The lowest BCUT2D eigenvalue weighted by Gasteiger charge is -2.09. The van der Waals surface area contributed by atoms with Gasteiger partial charge in [-0.3, -0.25) is 4.79 Å². The number of amides is 1. The number of benzene rings is 2. The van der Waals surface area contributed by atoms with E-state index in [4.69, 9.17) is 9.15 Å². The Morgan fingerprint density at radius 3 is 2.76 bits per heavy atom. The van der Waals surface area contributed by atoms with Crippen LogP contribution in [0.25, 0.3) is 11.0 Å². The van der Waals surface area contributed by atoms with Gasteiger partial charge in [0.05, 0.1) is 0 Å². The van der Waals surface area contributed by atoms with Gasteiger partial charge in [-0.1, -0.05) is 12.1 Å². The van der Waals surface area contributed by atoms with Crippen molar-refractivity contribution in [1.29, 1.82) is 0 Å². The fourth-order valence-corrected chi connectivity index (χ4v) is 2.35. The van der Waals surface area contributed by atoms with Gasteiger partial charge in [0.25, 0.3) is 5.91 Å². The molecule has 128 valence electrons. The molecule has 0 bridgehead atoms. The molecule has 0 aliphatic carbocycles. The minimum atomic E-state index is -0.447. The number of halogens is 1. The van der Waals surface area contributed by atoms with Gasteiger partial charge in [0.1, 0.15) is 17.1 Å². The first kappa shape index (κ1) is 16.7. The summed E-state index contributed by atoms with van der Waals surface area (Å²) in [5, 5.41) is 3.47. The van der Waals surface area contributed by atoms with Gasteiger partial charge in [0.15, 0.2) is 6.61 Å². The molecule has 0 unspecified atom stereocenters. The maximum Gasteiger partial charge on any atom is 0.336 e. The highest BCUT2D eigenvalue weighted by atomic mass is 19.1. The van der Waals surface area contributed by atoms with E-state index in [2.05, 4.69) is 5.32 Å². The zero-order valence-electron chi connectivity index (χ0n) is 13.5. The predicted molar refractivity (Wildman–Crippen MR) is 91.0 cm³/mol. The second-order valence-electron chi connectivity index (χ2n) is 5.60. The highest BCUT2D eigenvalue weighted by molar-refractivity contribution is 5.79. The molecule has 1 aromatic heterocycles. The number of fused-ring (bicyclic) bond motifs is 1. The van der Waals surface area contributed by atoms with Crippen LogP contribution in [-0.4, -0.2) is 12.5 Å². The fourth-order valence-electron chi connectivity index (χ4n) is 2.35. The Labute approximate surface area is 143 Å². The van der Waals surface area contributed by atoms with E-state index < -0.39 is 5.63 Å². The fraction of sp³-hybridized carbons (Fsp3) is 0.158. The molecule has 0 saturated heterocycles. The van der Waals surface area contributed by atoms with E-state index in [1.165, 1.54) is 12.1 Å². The Kier molecular flexibility index (Phi) is 4.79. The number of hydrogen-bond donors (Lipinski definition) is 1. The van der Waals surface area contributed by atoms with Crippen molar-refractivity contribution < 1.29 is 18.3 Å². The molecule has 3 aromatic rings. The van der Waals surface area contributed by atoms with E-state index in [0.29, 0.717) is 16.9 Å². The van der Waals surface area contributed by atoms with Crippen LogP contribution < -0.4 is 15.7 Å². The van der Waals surface area contributed by atoms with Crippen LogP contribution >= 0.6 is 0 Å². The third-order valence-corrected chi connectivity index (χ3v) is 3.68. The van der Waals surface area contributed by atoms with Gasteiger partial charge in [-0.15, -0.1) is 0 Å². The minimum Gasteiger partial charge on any atom is -0.484 e. The van der Waals surface area contributed by atoms with Gasteiger partial charge in [-0.05, 0) is 42.3 Å². The van der Waals surface area contributed by atoms with E-state index >= 15 is 0 Å². The van der Waals surface area contributed by atoms with Crippen LogP contribution in [0, 0.1) is 12.7 Å². The lowest BCUT2D eigenvalue weighted by molar-refractivity contribution is -0.123. The van der Waals surface area contributed by atoms with Gasteiger partial charge < -0.3 is 14.5 Å². The molecule has 3 rings (SSSR count). The van der Waals surface area contributed by atoms with Gasteiger partial charge in [-0.2, -0.15) is 0 Å². The Hall–Kier alpha value is -3.15. The summed E-state index contributed by atoms with van der Waals surface area (Å²) < 4.78 is 23.7. The highest BCUT2D eigenvalue weighted by Crippen LogP contribution is 2.19. The summed E-state index contributed by atoms with van der Waals surface area (Å²) in [4.78, 5) is 23.1. The van der Waals surface area contributed by atoms with Crippen LogP contribution in [0.4, 0.5) is 4.39 Å². The summed E-state index contributed by atoms with van der Waals surface area (Å²) >= 11 is 0. The van der Waals surface area contributed by atoms with Gasteiger partial charge in [0, 0.05) is 24.1 Å². The molecule has 1 amide bonds. The van der Waals surface area contributed by atoms with Crippen LogP contribution in [0.15, 0.2) is 57.7 Å².